The van der Waals surface area contributed by atoms with Crippen molar-refractivity contribution in [2.45, 2.75) is 25.8 Å². The molecule has 1 unspecified atom stereocenters. The fourth-order valence-corrected chi connectivity index (χ4v) is 1.77. The maximum absolute atomic E-state index is 11.4. The van der Waals surface area contributed by atoms with Crippen LogP contribution >= 0.6 is 0 Å². The molecule has 1 aromatic rings. The second-order valence-corrected chi connectivity index (χ2v) is 4.75. The van der Waals surface area contributed by atoms with Crippen LogP contribution in [0.25, 0.3) is 0 Å². The molecule has 0 radical (unpaired) electrons. The van der Waals surface area contributed by atoms with Crippen LogP contribution in [0.15, 0.2) is 16.5 Å². The van der Waals surface area contributed by atoms with Crippen molar-refractivity contribution in [2.75, 3.05) is 13.1 Å². The number of carbonyl (C=O) groups is 2. The molecule has 0 saturated heterocycles. The Hall–Kier alpha value is -1.82. The lowest BCUT2D eigenvalue weighted by molar-refractivity contribution is -0.122. The monoisotopic (exact) mass is 266 g/mol. The quantitative estimate of drug-likeness (QED) is 0.644. The predicted molar refractivity (Wildman–Crippen MR) is 67.8 cm³/mol. The first-order valence-electron chi connectivity index (χ1n) is 6.42. The Morgan fingerprint density at radius 2 is 2.16 bits per heavy atom. The van der Waals surface area contributed by atoms with Crippen LogP contribution < -0.4 is 10.6 Å². The van der Waals surface area contributed by atoms with Crippen molar-refractivity contribution in [1.29, 1.82) is 0 Å². The molecule has 1 aliphatic rings. The summed E-state index contributed by atoms with van der Waals surface area (Å²) in [7, 11) is 0. The Bertz CT molecular complexity index is 465. The summed E-state index contributed by atoms with van der Waals surface area (Å²) >= 11 is 0. The summed E-state index contributed by atoms with van der Waals surface area (Å²) in [6.07, 6.45) is 2.00. The Kier molecular flexibility index (Phi) is 4.21. The van der Waals surface area contributed by atoms with E-state index in [4.69, 9.17) is 9.52 Å². The molecule has 1 aliphatic carbocycles. The van der Waals surface area contributed by atoms with Crippen LogP contribution in [-0.4, -0.2) is 30.1 Å². The van der Waals surface area contributed by atoms with Gasteiger partial charge >= 0.3 is 5.97 Å². The third-order valence-corrected chi connectivity index (χ3v) is 3.09. The average molecular weight is 266 g/mol. The van der Waals surface area contributed by atoms with Crippen LogP contribution in [0.1, 0.15) is 42.1 Å². The third-order valence-electron chi connectivity index (χ3n) is 3.09. The molecule has 6 nitrogen and oxygen atoms in total. The first-order valence-corrected chi connectivity index (χ1v) is 6.42. The van der Waals surface area contributed by atoms with Crippen molar-refractivity contribution in [2.24, 2.45) is 5.92 Å². The van der Waals surface area contributed by atoms with Crippen molar-refractivity contribution in [3.05, 3.63) is 23.7 Å². The topological polar surface area (TPSA) is 91.6 Å². The zero-order valence-corrected chi connectivity index (χ0v) is 10.8. The van der Waals surface area contributed by atoms with Crippen molar-refractivity contribution in [1.82, 2.24) is 10.6 Å². The van der Waals surface area contributed by atoms with E-state index in [1.165, 1.54) is 6.07 Å². The zero-order valence-electron chi connectivity index (χ0n) is 10.8. The van der Waals surface area contributed by atoms with E-state index in [1.54, 1.807) is 6.07 Å². The third kappa shape index (κ3) is 3.82. The summed E-state index contributed by atoms with van der Waals surface area (Å²) in [6, 6.07) is 2.99. The molecule has 3 N–H and O–H groups in total. The van der Waals surface area contributed by atoms with Gasteiger partial charge in [0.05, 0.1) is 6.04 Å². The summed E-state index contributed by atoms with van der Waals surface area (Å²) in [4.78, 5) is 22.1. The fraction of sp³-hybridized carbons (Fsp3) is 0.538. The minimum absolute atomic E-state index is 0.0642. The van der Waals surface area contributed by atoms with E-state index in [9.17, 15) is 9.59 Å². The second kappa shape index (κ2) is 5.88. The van der Waals surface area contributed by atoms with Crippen molar-refractivity contribution < 1.29 is 19.1 Å². The second-order valence-electron chi connectivity index (χ2n) is 4.75. The lowest BCUT2D eigenvalue weighted by Gasteiger charge is -2.11. The minimum atomic E-state index is -1.07. The molecule has 0 spiro atoms. The van der Waals surface area contributed by atoms with E-state index < -0.39 is 5.97 Å². The maximum atomic E-state index is 11.4. The van der Waals surface area contributed by atoms with Gasteiger partial charge in [0.2, 0.25) is 11.7 Å². The lowest BCUT2D eigenvalue weighted by Crippen LogP contribution is -2.33. The summed E-state index contributed by atoms with van der Waals surface area (Å²) < 4.78 is 5.18. The first-order chi connectivity index (χ1) is 9.08. The number of nitrogens with one attached hydrogen (secondary N) is 2. The first kappa shape index (κ1) is 13.6. The molecule has 1 fully saturated rings. The van der Waals surface area contributed by atoms with E-state index in [0.29, 0.717) is 18.8 Å². The van der Waals surface area contributed by atoms with Gasteiger partial charge in [-0.25, -0.2) is 4.79 Å². The zero-order chi connectivity index (χ0) is 13.8. The van der Waals surface area contributed by atoms with Crippen LogP contribution in [0.2, 0.25) is 0 Å². The maximum Gasteiger partial charge on any atom is 0.371 e. The van der Waals surface area contributed by atoms with E-state index in [2.05, 4.69) is 10.6 Å². The Morgan fingerprint density at radius 1 is 1.42 bits per heavy atom. The summed E-state index contributed by atoms with van der Waals surface area (Å²) in [6.45, 7) is 3.06. The number of hydrogen-bond acceptors (Lipinski definition) is 4. The van der Waals surface area contributed by atoms with Crippen molar-refractivity contribution in [3.8, 4) is 0 Å². The number of amides is 1. The molecule has 1 amide bonds. The molecule has 1 aromatic heterocycles. The Labute approximate surface area is 111 Å². The van der Waals surface area contributed by atoms with Crippen LogP contribution in [0.4, 0.5) is 0 Å². The number of hydrogen-bond donors (Lipinski definition) is 3. The fourth-order valence-electron chi connectivity index (χ4n) is 1.77. The lowest BCUT2D eigenvalue weighted by atomic mass is 10.2. The average Bonchev–Trinajstić information content (AvgIpc) is 3.10. The van der Waals surface area contributed by atoms with Gasteiger partial charge in [0.1, 0.15) is 5.76 Å². The molecule has 0 aromatic carbocycles. The van der Waals surface area contributed by atoms with E-state index in [-0.39, 0.29) is 23.6 Å². The highest BCUT2D eigenvalue weighted by Crippen LogP contribution is 2.28. The highest BCUT2D eigenvalue weighted by molar-refractivity contribution is 5.84. The van der Waals surface area contributed by atoms with E-state index >= 15 is 0 Å². The molecule has 1 atom stereocenters. The highest BCUT2D eigenvalue weighted by Gasteiger charge is 2.29. The molecule has 6 heteroatoms. The van der Waals surface area contributed by atoms with Crippen molar-refractivity contribution in [3.63, 3.8) is 0 Å². The molecular formula is C13H18N2O4. The smallest absolute Gasteiger partial charge is 0.371 e. The van der Waals surface area contributed by atoms with Gasteiger partial charge in [0.15, 0.2) is 0 Å². The predicted octanol–water partition coefficient (Wildman–Crippen LogP) is 1.15. The van der Waals surface area contributed by atoms with Crippen molar-refractivity contribution >= 4 is 11.9 Å². The standard InChI is InChI=1S/C13H18N2O4/c1-8(10-4-5-11(19-10)13(17)18)14-6-7-15-12(16)9-2-3-9/h4-5,8-9,14H,2-3,6-7H2,1H3,(H,15,16)(H,17,18). The molecule has 104 valence electrons. The molecule has 19 heavy (non-hydrogen) atoms. The minimum Gasteiger partial charge on any atom is -0.475 e. The van der Waals surface area contributed by atoms with Crippen LogP contribution in [0.5, 0.6) is 0 Å². The van der Waals surface area contributed by atoms with Gasteiger partial charge in [-0.2, -0.15) is 0 Å². The number of carboxylic acids is 1. The van der Waals surface area contributed by atoms with Gasteiger partial charge in [0.25, 0.3) is 0 Å². The largest absolute Gasteiger partial charge is 0.475 e. The van der Waals surface area contributed by atoms with Crippen LogP contribution in [0, 0.1) is 5.92 Å². The molecule has 1 heterocycles. The Balaban J connectivity index is 1.69. The van der Waals surface area contributed by atoms with Gasteiger partial charge in [-0.05, 0) is 31.9 Å². The van der Waals surface area contributed by atoms with Gasteiger partial charge in [0, 0.05) is 19.0 Å². The number of aromatic carboxylic acids is 1. The van der Waals surface area contributed by atoms with Crippen LogP contribution in [0.3, 0.4) is 0 Å². The summed E-state index contributed by atoms with van der Waals surface area (Å²) in [5, 5.41) is 14.8. The highest BCUT2D eigenvalue weighted by atomic mass is 16.4. The molecule has 0 bridgehead atoms. The van der Waals surface area contributed by atoms with Gasteiger partial charge < -0.3 is 20.2 Å². The van der Waals surface area contributed by atoms with E-state index in [1.807, 2.05) is 6.92 Å². The number of rotatable bonds is 7. The Morgan fingerprint density at radius 3 is 2.74 bits per heavy atom. The van der Waals surface area contributed by atoms with E-state index in [0.717, 1.165) is 12.8 Å². The van der Waals surface area contributed by atoms with Crippen LogP contribution in [-0.2, 0) is 4.79 Å². The molecule has 1 saturated carbocycles. The number of carboxylic acid groups (broad SMARTS) is 1. The SMILES string of the molecule is CC(NCCNC(=O)C1CC1)c1ccc(C(=O)O)o1. The van der Waals surface area contributed by atoms with Gasteiger partial charge in [-0.15, -0.1) is 0 Å². The van der Waals surface area contributed by atoms with Gasteiger partial charge in [-0.1, -0.05) is 0 Å². The molecule has 0 aliphatic heterocycles. The van der Waals surface area contributed by atoms with Gasteiger partial charge in [-0.3, -0.25) is 4.79 Å². The summed E-state index contributed by atoms with van der Waals surface area (Å²) in [5.74, 6) is -0.215. The summed E-state index contributed by atoms with van der Waals surface area (Å²) in [5.41, 5.74) is 0. The molecular weight excluding hydrogens is 248 g/mol. The normalized spacial score (nSPS) is 16.1. The number of carbonyl (C=O) groups excluding carboxylic acids is 1. The number of furan rings is 1. The molecule has 2 rings (SSSR count).